The third-order valence-electron chi connectivity index (χ3n) is 2.37. The van der Waals surface area contributed by atoms with E-state index < -0.39 is 6.09 Å². The van der Waals surface area contributed by atoms with Gasteiger partial charge < -0.3 is 4.74 Å². The molecule has 0 N–H and O–H groups in total. The van der Waals surface area contributed by atoms with Gasteiger partial charge in [-0.05, 0) is 24.6 Å². The van der Waals surface area contributed by atoms with Crippen molar-refractivity contribution in [1.29, 1.82) is 10.5 Å². The molecule has 1 aromatic rings. The molecule has 1 amide bonds. The Balaban J connectivity index is 3.05. The number of rotatable bonds is 4. The van der Waals surface area contributed by atoms with Crippen molar-refractivity contribution in [2.24, 2.45) is 0 Å². The summed E-state index contributed by atoms with van der Waals surface area (Å²) in [6.45, 7) is 1.94. The van der Waals surface area contributed by atoms with Crippen LogP contribution in [0, 0.1) is 22.7 Å². The van der Waals surface area contributed by atoms with Crippen LogP contribution in [-0.2, 0) is 11.3 Å². The summed E-state index contributed by atoms with van der Waals surface area (Å²) in [6.07, 6.45) is 0.479. The van der Waals surface area contributed by atoms with Gasteiger partial charge in [0.15, 0.2) is 0 Å². The summed E-state index contributed by atoms with van der Waals surface area (Å²) >= 11 is 11.7. The summed E-state index contributed by atoms with van der Waals surface area (Å²) in [5.74, 6) is 0. The normalized spacial score (nSPS) is 9.19. The molecule has 0 saturated heterocycles. The van der Waals surface area contributed by atoms with Gasteiger partial charge in [0.1, 0.15) is 17.7 Å². The van der Waals surface area contributed by atoms with Crippen LogP contribution < -0.4 is 0 Å². The third-order valence-corrected chi connectivity index (χ3v) is 3.10. The smallest absolute Gasteiger partial charge is 0.414 e. The summed E-state index contributed by atoms with van der Waals surface area (Å²) < 4.78 is 4.88. The maximum Gasteiger partial charge on any atom is 0.414 e. The molecule has 0 heterocycles. The zero-order valence-electron chi connectivity index (χ0n) is 11.1. The van der Waals surface area contributed by atoms with Gasteiger partial charge in [-0.2, -0.15) is 10.5 Å². The first-order valence-corrected chi connectivity index (χ1v) is 6.66. The molecule has 0 saturated carbocycles. The number of hydrogen-bond donors (Lipinski definition) is 0. The van der Waals surface area contributed by atoms with Crippen molar-refractivity contribution in [3.8, 4) is 12.1 Å². The number of halogens is 2. The number of hydrogen-bond acceptors (Lipinski definition) is 4. The fraction of sp³-hybridized carbons (Fsp3) is 0.214. The third kappa shape index (κ3) is 5.00. The number of carbonyl (C=O) groups excluding carboxylic acids is 1. The van der Waals surface area contributed by atoms with E-state index in [0.717, 1.165) is 11.1 Å². The molecule has 7 heteroatoms. The SMILES string of the molecule is CCOC(=O)N(C=C(C#N)C#N)Cc1ccc(Cl)c(Cl)c1. The molecule has 5 nitrogen and oxygen atoms in total. The fourth-order valence-electron chi connectivity index (χ4n) is 1.44. The van der Waals surface area contributed by atoms with Gasteiger partial charge in [-0.25, -0.2) is 4.79 Å². The second-order valence-electron chi connectivity index (χ2n) is 3.84. The minimum absolute atomic E-state index is 0.0998. The summed E-state index contributed by atoms with van der Waals surface area (Å²) in [5.41, 5.74) is 0.479. The van der Waals surface area contributed by atoms with Gasteiger partial charge in [0.2, 0.25) is 0 Å². The highest BCUT2D eigenvalue weighted by Crippen LogP contribution is 2.23. The molecule has 0 unspecified atom stereocenters. The Bertz CT molecular complexity index is 629. The van der Waals surface area contributed by atoms with Crippen LogP contribution in [0.25, 0.3) is 0 Å². The second-order valence-corrected chi connectivity index (χ2v) is 4.66. The van der Waals surface area contributed by atoms with Crippen molar-refractivity contribution in [3.05, 3.63) is 45.6 Å². The number of allylic oxidation sites excluding steroid dienone is 1. The first-order valence-electron chi connectivity index (χ1n) is 5.91. The number of carbonyl (C=O) groups is 1. The van der Waals surface area contributed by atoms with Crippen molar-refractivity contribution in [1.82, 2.24) is 4.90 Å². The average Bonchev–Trinajstić information content (AvgIpc) is 2.47. The van der Waals surface area contributed by atoms with E-state index in [1.807, 2.05) is 0 Å². The topological polar surface area (TPSA) is 77.1 Å². The molecule has 0 spiro atoms. The van der Waals surface area contributed by atoms with E-state index in [1.54, 1.807) is 37.3 Å². The molecule has 0 bridgehead atoms. The first-order chi connectivity index (χ1) is 10.0. The highest BCUT2D eigenvalue weighted by atomic mass is 35.5. The largest absolute Gasteiger partial charge is 0.449 e. The van der Waals surface area contributed by atoms with Crippen LogP contribution in [0.5, 0.6) is 0 Å². The molecule has 0 aromatic heterocycles. The minimum atomic E-state index is -0.661. The summed E-state index contributed by atoms with van der Waals surface area (Å²) in [6, 6.07) is 8.26. The lowest BCUT2D eigenvalue weighted by Crippen LogP contribution is -2.26. The molecule has 0 atom stereocenters. The van der Waals surface area contributed by atoms with Gasteiger partial charge in [0.25, 0.3) is 0 Å². The van der Waals surface area contributed by atoms with E-state index in [2.05, 4.69) is 0 Å². The molecule has 0 fully saturated rings. The van der Waals surface area contributed by atoms with Gasteiger partial charge in [0, 0.05) is 6.20 Å². The number of ether oxygens (including phenoxy) is 1. The summed E-state index contributed by atoms with van der Waals surface area (Å²) in [4.78, 5) is 13.0. The Hall–Kier alpha value is -2.21. The van der Waals surface area contributed by atoms with Crippen LogP contribution in [0.15, 0.2) is 30.0 Å². The lowest BCUT2D eigenvalue weighted by molar-refractivity contribution is 0.120. The zero-order valence-corrected chi connectivity index (χ0v) is 12.6. The molecule has 1 aromatic carbocycles. The van der Waals surface area contributed by atoms with Crippen molar-refractivity contribution in [3.63, 3.8) is 0 Å². The van der Waals surface area contributed by atoms with Crippen molar-refractivity contribution in [2.45, 2.75) is 13.5 Å². The molecular formula is C14H11Cl2N3O2. The Kier molecular flexibility index (Phi) is 6.55. The van der Waals surface area contributed by atoms with Gasteiger partial charge in [0.05, 0.1) is 23.2 Å². The Morgan fingerprint density at radius 2 is 2.00 bits per heavy atom. The highest BCUT2D eigenvalue weighted by molar-refractivity contribution is 6.42. The Morgan fingerprint density at radius 1 is 1.33 bits per heavy atom. The summed E-state index contributed by atoms with van der Waals surface area (Å²) in [5, 5.41) is 18.3. The average molecular weight is 324 g/mol. The lowest BCUT2D eigenvalue weighted by atomic mass is 10.2. The van der Waals surface area contributed by atoms with E-state index in [9.17, 15) is 4.79 Å². The maximum atomic E-state index is 11.8. The molecular weight excluding hydrogens is 313 g/mol. The van der Waals surface area contributed by atoms with E-state index in [0.29, 0.717) is 15.6 Å². The number of benzene rings is 1. The number of nitriles is 2. The van der Waals surface area contributed by atoms with E-state index in [4.69, 9.17) is 38.5 Å². The monoisotopic (exact) mass is 323 g/mol. The van der Waals surface area contributed by atoms with Crippen LogP contribution in [0.2, 0.25) is 10.0 Å². The van der Waals surface area contributed by atoms with Crippen molar-refractivity contribution in [2.75, 3.05) is 6.61 Å². The van der Waals surface area contributed by atoms with Crippen LogP contribution in [0.3, 0.4) is 0 Å². The van der Waals surface area contributed by atoms with Crippen LogP contribution >= 0.6 is 23.2 Å². The molecule has 0 radical (unpaired) electrons. The van der Waals surface area contributed by atoms with Crippen LogP contribution in [0.1, 0.15) is 12.5 Å². The Labute approximate surface area is 132 Å². The molecule has 21 heavy (non-hydrogen) atoms. The first kappa shape index (κ1) is 16.8. The van der Waals surface area contributed by atoms with Gasteiger partial charge in [-0.1, -0.05) is 29.3 Å². The molecule has 1 rings (SSSR count). The molecule has 0 aliphatic rings. The fourth-order valence-corrected chi connectivity index (χ4v) is 1.76. The van der Waals surface area contributed by atoms with E-state index in [-0.39, 0.29) is 18.7 Å². The lowest BCUT2D eigenvalue weighted by Gasteiger charge is -2.18. The highest BCUT2D eigenvalue weighted by Gasteiger charge is 2.15. The minimum Gasteiger partial charge on any atom is -0.449 e. The van der Waals surface area contributed by atoms with Crippen LogP contribution in [-0.4, -0.2) is 17.6 Å². The molecule has 0 aliphatic heterocycles. The predicted octanol–water partition coefficient (Wildman–Crippen LogP) is 3.88. The van der Waals surface area contributed by atoms with E-state index >= 15 is 0 Å². The van der Waals surface area contributed by atoms with Gasteiger partial charge >= 0.3 is 6.09 Å². The van der Waals surface area contributed by atoms with Gasteiger partial charge in [-0.3, -0.25) is 4.90 Å². The quantitative estimate of drug-likeness (QED) is 0.787. The van der Waals surface area contributed by atoms with Gasteiger partial charge in [-0.15, -0.1) is 0 Å². The number of nitrogens with zero attached hydrogens (tertiary/aromatic N) is 3. The predicted molar refractivity (Wildman–Crippen MR) is 78.3 cm³/mol. The zero-order chi connectivity index (χ0) is 15.8. The maximum absolute atomic E-state index is 11.8. The molecule has 108 valence electrons. The Morgan fingerprint density at radius 3 is 2.52 bits per heavy atom. The standard InChI is InChI=1S/C14H11Cl2N3O2/c1-2-21-14(20)19(9-11(6-17)7-18)8-10-3-4-12(15)13(16)5-10/h3-5,9H,2,8H2,1H3. The van der Waals surface area contributed by atoms with E-state index in [1.165, 1.54) is 0 Å². The second kappa shape index (κ2) is 8.16. The van der Waals surface area contributed by atoms with Crippen molar-refractivity contribution >= 4 is 29.3 Å². The van der Waals surface area contributed by atoms with Crippen molar-refractivity contribution < 1.29 is 9.53 Å². The number of amides is 1. The van der Waals surface area contributed by atoms with Crippen LogP contribution in [0.4, 0.5) is 4.79 Å². The summed E-state index contributed by atoms with van der Waals surface area (Å²) in [7, 11) is 0. The molecule has 0 aliphatic carbocycles.